The van der Waals surface area contributed by atoms with Gasteiger partial charge in [-0.1, -0.05) is 17.3 Å². The number of rotatable bonds is 6. The van der Waals surface area contributed by atoms with E-state index in [4.69, 9.17) is 4.74 Å². The van der Waals surface area contributed by atoms with Gasteiger partial charge in [0.15, 0.2) is 0 Å². The molecule has 0 radical (unpaired) electrons. The Labute approximate surface area is 188 Å². The number of fused-ring (bicyclic) bond motifs is 3. The summed E-state index contributed by atoms with van der Waals surface area (Å²) < 4.78 is 8.99. The van der Waals surface area contributed by atoms with E-state index in [-0.39, 0.29) is 30.6 Å². The Hall–Kier alpha value is -4.34. The third kappa shape index (κ3) is 3.45. The Kier molecular flexibility index (Phi) is 4.49. The number of nitrogens with zero attached hydrogens (tertiary/aromatic N) is 7. The van der Waals surface area contributed by atoms with Gasteiger partial charge in [-0.25, -0.2) is 14.5 Å². The number of ketones is 1. The molecule has 1 saturated heterocycles. The number of cyclic esters (lactones) is 1. The second kappa shape index (κ2) is 7.66. The summed E-state index contributed by atoms with van der Waals surface area (Å²) in [6.45, 7) is 0.667. The minimum absolute atomic E-state index is 0.0757. The van der Waals surface area contributed by atoms with Crippen molar-refractivity contribution in [3.05, 3.63) is 78.9 Å². The van der Waals surface area contributed by atoms with Gasteiger partial charge in [0.1, 0.15) is 11.8 Å². The van der Waals surface area contributed by atoms with Crippen LogP contribution in [-0.4, -0.2) is 53.6 Å². The van der Waals surface area contributed by atoms with Gasteiger partial charge < -0.3 is 9.30 Å². The maximum absolute atomic E-state index is 12.5. The molecule has 2 atom stereocenters. The van der Waals surface area contributed by atoms with Crippen molar-refractivity contribution < 1.29 is 14.3 Å². The van der Waals surface area contributed by atoms with E-state index in [1.807, 2.05) is 18.2 Å². The minimum Gasteiger partial charge on any atom is -0.442 e. The van der Waals surface area contributed by atoms with E-state index in [2.05, 4.69) is 26.3 Å². The Morgan fingerprint density at radius 2 is 2.03 bits per heavy atom. The molecule has 0 bridgehead atoms. The molecule has 0 saturated carbocycles. The van der Waals surface area contributed by atoms with Gasteiger partial charge in [-0.15, -0.1) is 5.10 Å². The highest BCUT2D eigenvalue weighted by Crippen LogP contribution is 2.40. The molecule has 33 heavy (non-hydrogen) atoms. The molecule has 10 heteroatoms. The molecule has 10 nitrogen and oxygen atoms in total. The van der Waals surface area contributed by atoms with Crippen LogP contribution in [0.3, 0.4) is 0 Å². The van der Waals surface area contributed by atoms with Crippen LogP contribution in [0, 0.1) is 0 Å². The number of ether oxygens (including phenoxy) is 1. The number of hydrogen-bond donors (Lipinski definition) is 0. The summed E-state index contributed by atoms with van der Waals surface area (Å²) in [6.07, 6.45) is 10.1. The van der Waals surface area contributed by atoms with Gasteiger partial charge in [0, 0.05) is 30.4 Å². The number of anilines is 1. The van der Waals surface area contributed by atoms with Crippen molar-refractivity contribution in [2.45, 2.75) is 31.7 Å². The average Bonchev–Trinajstić information content (AvgIpc) is 3.62. The third-order valence-corrected chi connectivity index (χ3v) is 6.08. The number of imidazole rings is 1. The summed E-state index contributed by atoms with van der Waals surface area (Å²) >= 11 is 0. The lowest BCUT2D eigenvalue weighted by molar-refractivity contribution is 0.0967. The van der Waals surface area contributed by atoms with Crippen LogP contribution in [-0.2, 0) is 24.2 Å². The average molecular weight is 441 g/mol. The Bertz CT molecular complexity index is 1320. The second-order valence-electron chi connectivity index (χ2n) is 8.12. The highest BCUT2D eigenvalue weighted by Gasteiger charge is 2.47. The van der Waals surface area contributed by atoms with E-state index in [1.54, 1.807) is 57.5 Å². The molecule has 6 rings (SSSR count). The summed E-state index contributed by atoms with van der Waals surface area (Å²) in [4.78, 5) is 35.0. The van der Waals surface area contributed by atoms with Crippen molar-refractivity contribution in [3.63, 3.8) is 0 Å². The molecule has 1 aromatic carbocycles. The summed E-state index contributed by atoms with van der Waals surface area (Å²) in [5, 5.41) is 7.80. The van der Waals surface area contributed by atoms with Gasteiger partial charge in [0.05, 0.1) is 37.3 Å². The third-order valence-electron chi connectivity index (χ3n) is 6.08. The summed E-state index contributed by atoms with van der Waals surface area (Å²) in [5.74, 6) is -0.0777. The fourth-order valence-corrected chi connectivity index (χ4v) is 4.49. The Morgan fingerprint density at radius 1 is 1.12 bits per heavy atom. The Morgan fingerprint density at radius 3 is 2.79 bits per heavy atom. The fraction of sp³-hybridized carbons (Fsp3) is 0.217. The van der Waals surface area contributed by atoms with E-state index in [0.29, 0.717) is 18.7 Å². The quantitative estimate of drug-likeness (QED) is 0.423. The van der Waals surface area contributed by atoms with E-state index in [0.717, 1.165) is 22.4 Å². The van der Waals surface area contributed by atoms with Gasteiger partial charge in [-0.2, -0.15) is 0 Å². The molecular formula is C23H19N7O3. The molecule has 2 aliphatic heterocycles. The smallest absolute Gasteiger partial charge is 0.415 e. The van der Waals surface area contributed by atoms with E-state index in [9.17, 15) is 9.59 Å². The Balaban J connectivity index is 1.21. The number of aromatic nitrogens is 6. The van der Waals surface area contributed by atoms with Crippen LogP contribution in [0.1, 0.15) is 16.1 Å². The lowest BCUT2D eigenvalue weighted by atomic mass is 10.0. The van der Waals surface area contributed by atoms with Gasteiger partial charge in [-0.05, 0) is 35.7 Å². The van der Waals surface area contributed by atoms with Crippen molar-refractivity contribution in [3.8, 4) is 11.1 Å². The second-order valence-corrected chi connectivity index (χ2v) is 8.12. The lowest BCUT2D eigenvalue weighted by Gasteiger charge is -2.16. The maximum atomic E-state index is 12.5. The predicted octanol–water partition coefficient (Wildman–Crippen LogP) is 2.37. The summed E-state index contributed by atoms with van der Waals surface area (Å²) in [5.41, 5.74) is 4.25. The van der Waals surface area contributed by atoms with E-state index in [1.165, 1.54) is 0 Å². The number of amides is 1. The first-order valence-electron chi connectivity index (χ1n) is 10.6. The van der Waals surface area contributed by atoms with Crippen LogP contribution in [0.25, 0.3) is 11.1 Å². The number of carbonyl (C=O) groups is 2. The van der Waals surface area contributed by atoms with E-state index >= 15 is 0 Å². The minimum atomic E-state index is -0.334. The summed E-state index contributed by atoms with van der Waals surface area (Å²) in [6, 6.07) is 9.55. The zero-order valence-electron chi connectivity index (χ0n) is 17.5. The van der Waals surface area contributed by atoms with Crippen molar-refractivity contribution in [2.24, 2.45) is 0 Å². The largest absolute Gasteiger partial charge is 0.442 e. The van der Waals surface area contributed by atoms with Gasteiger partial charge >= 0.3 is 6.09 Å². The fourth-order valence-electron chi connectivity index (χ4n) is 4.49. The highest BCUT2D eigenvalue weighted by atomic mass is 16.6. The van der Waals surface area contributed by atoms with Crippen LogP contribution in [0.15, 0.2) is 67.6 Å². The van der Waals surface area contributed by atoms with Crippen molar-refractivity contribution in [1.82, 2.24) is 29.5 Å². The standard InChI is InChI=1S/C23H19N7O3/c31-21(12-28-7-5-24-14-28)18-3-1-16(11-25-18)15-2-4-19-17(9-15)10-20-22(33-23(32)30(19)20)13-29-8-6-26-27-29/h1-9,11,14,20,22H,10,12-13H2/t20?,22-/m0/s1. The van der Waals surface area contributed by atoms with Crippen LogP contribution >= 0.6 is 0 Å². The van der Waals surface area contributed by atoms with Crippen molar-refractivity contribution >= 4 is 17.6 Å². The molecule has 5 heterocycles. The molecule has 0 N–H and O–H groups in total. The molecule has 4 aromatic rings. The number of pyridine rings is 1. The number of Topliss-reactive ketones (excluding diaryl/α,β-unsaturated/α-hetero) is 1. The van der Waals surface area contributed by atoms with Crippen molar-refractivity contribution in [1.29, 1.82) is 0 Å². The molecule has 2 aliphatic rings. The first-order chi connectivity index (χ1) is 16.2. The first kappa shape index (κ1) is 19.4. The predicted molar refractivity (Wildman–Crippen MR) is 116 cm³/mol. The molecule has 1 amide bonds. The maximum Gasteiger partial charge on any atom is 0.415 e. The van der Waals surface area contributed by atoms with Crippen LogP contribution < -0.4 is 4.90 Å². The topological polar surface area (TPSA) is 108 Å². The van der Waals surface area contributed by atoms with E-state index < -0.39 is 0 Å². The van der Waals surface area contributed by atoms with Gasteiger partial charge in [0.2, 0.25) is 5.78 Å². The van der Waals surface area contributed by atoms with Crippen LogP contribution in [0.4, 0.5) is 10.5 Å². The molecule has 3 aromatic heterocycles. The number of benzene rings is 1. The monoisotopic (exact) mass is 441 g/mol. The van der Waals surface area contributed by atoms with Gasteiger partial charge in [0.25, 0.3) is 0 Å². The number of carbonyl (C=O) groups excluding carboxylic acids is 2. The zero-order chi connectivity index (χ0) is 22.4. The van der Waals surface area contributed by atoms with Crippen LogP contribution in [0.5, 0.6) is 0 Å². The molecule has 1 fully saturated rings. The molecule has 164 valence electrons. The molecular weight excluding hydrogens is 422 g/mol. The number of hydrogen-bond acceptors (Lipinski definition) is 7. The molecule has 0 aliphatic carbocycles. The van der Waals surface area contributed by atoms with Crippen molar-refractivity contribution in [2.75, 3.05) is 4.90 Å². The lowest BCUT2D eigenvalue weighted by Crippen LogP contribution is -2.35. The van der Waals surface area contributed by atoms with Gasteiger partial charge in [-0.3, -0.25) is 14.7 Å². The summed E-state index contributed by atoms with van der Waals surface area (Å²) in [7, 11) is 0. The molecule has 1 unspecified atom stereocenters. The first-order valence-corrected chi connectivity index (χ1v) is 10.6. The highest BCUT2D eigenvalue weighted by molar-refractivity contribution is 5.95. The molecule has 0 spiro atoms. The zero-order valence-corrected chi connectivity index (χ0v) is 17.5. The SMILES string of the molecule is O=C(Cn1ccnc1)c1ccc(-c2ccc3c(c2)CC2[C@H](Cn4ccnn4)OC(=O)N32)cn1. The van der Waals surface area contributed by atoms with Crippen LogP contribution in [0.2, 0.25) is 0 Å². The normalized spacial score (nSPS) is 18.8.